The van der Waals surface area contributed by atoms with Crippen LogP contribution in [0.1, 0.15) is 25.3 Å². The molecule has 0 radical (unpaired) electrons. The van der Waals surface area contributed by atoms with Gasteiger partial charge in [0.15, 0.2) is 0 Å². The predicted molar refractivity (Wildman–Crippen MR) is 51.4 cm³/mol. The Morgan fingerprint density at radius 3 is 2.33 bits per heavy atom. The van der Waals surface area contributed by atoms with Crippen LogP contribution in [-0.4, -0.2) is 4.89 Å². The molecule has 2 nitrogen and oxygen atoms in total. The summed E-state index contributed by atoms with van der Waals surface area (Å²) in [5.41, 5.74) is 0.976. The zero-order valence-corrected chi connectivity index (χ0v) is 8.24. The molecule has 3 heteroatoms. The fourth-order valence-electron chi connectivity index (χ4n) is 1.20. The summed E-state index contributed by atoms with van der Waals surface area (Å²) in [5, 5.41) is 0.595. The molecule has 0 aliphatic rings. The highest BCUT2D eigenvalue weighted by atomic mass is 31.1. The van der Waals surface area contributed by atoms with E-state index in [1.165, 1.54) is 0 Å². The first kappa shape index (κ1) is 9.50. The minimum Gasteiger partial charge on any atom is -0.343 e. The van der Waals surface area contributed by atoms with Crippen LogP contribution >= 0.6 is 8.03 Å². The molecule has 0 spiro atoms. The lowest BCUT2D eigenvalue weighted by Crippen LogP contribution is -2.06. The summed E-state index contributed by atoms with van der Waals surface area (Å²) < 4.78 is 10.9. The van der Waals surface area contributed by atoms with Crippen LogP contribution in [-0.2, 0) is 4.57 Å². The summed E-state index contributed by atoms with van der Waals surface area (Å²) in [6.07, 6.45) is 0. The molecule has 1 N–H and O–H groups in total. The molecule has 1 aromatic carbocycles. The maximum absolute atomic E-state index is 10.9. The third-order valence-electron chi connectivity index (χ3n) is 1.81. The van der Waals surface area contributed by atoms with Gasteiger partial charge in [-0.25, -0.2) is 0 Å². The highest BCUT2D eigenvalue weighted by Gasteiger charge is 2.08. The Bertz CT molecular complexity index is 294. The second-order valence-electron chi connectivity index (χ2n) is 3.05. The SMILES string of the molecule is CC(C)c1ccccc1[PH](=O)O. The molecule has 1 aromatic rings. The van der Waals surface area contributed by atoms with E-state index in [1.54, 1.807) is 12.1 Å². The Morgan fingerprint density at radius 2 is 1.92 bits per heavy atom. The van der Waals surface area contributed by atoms with Gasteiger partial charge in [0, 0.05) is 5.30 Å². The Kier molecular flexibility index (Phi) is 3.07. The molecule has 1 unspecified atom stereocenters. The largest absolute Gasteiger partial charge is 0.343 e. The Morgan fingerprint density at radius 1 is 1.33 bits per heavy atom. The molecular weight excluding hydrogens is 171 g/mol. The minimum atomic E-state index is -2.54. The van der Waals surface area contributed by atoms with Crippen LogP contribution < -0.4 is 5.30 Å². The van der Waals surface area contributed by atoms with Crippen molar-refractivity contribution in [2.24, 2.45) is 0 Å². The summed E-state index contributed by atoms with van der Waals surface area (Å²) in [6, 6.07) is 7.30. The summed E-state index contributed by atoms with van der Waals surface area (Å²) in [5.74, 6) is 0.308. The lowest BCUT2D eigenvalue weighted by Gasteiger charge is -2.08. The molecule has 66 valence electrons. The fraction of sp³-hybridized carbons (Fsp3) is 0.333. The minimum absolute atomic E-state index is 0.308. The smallest absolute Gasteiger partial charge is 0.218 e. The molecular formula is C9H13O2P. The van der Waals surface area contributed by atoms with E-state index in [0.717, 1.165) is 5.56 Å². The molecule has 0 aliphatic heterocycles. The molecule has 0 saturated heterocycles. The van der Waals surface area contributed by atoms with Crippen molar-refractivity contribution in [2.75, 3.05) is 0 Å². The van der Waals surface area contributed by atoms with Crippen LogP contribution in [0.4, 0.5) is 0 Å². The van der Waals surface area contributed by atoms with Gasteiger partial charge in [0.25, 0.3) is 0 Å². The second-order valence-corrected chi connectivity index (χ2v) is 4.20. The molecule has 0 saturated carbocycles. The van der Waals surface area contributed by atoms with Gasteiger partial charge in [-0.1, -0.05) is 32.0 Å². The Hall–Kier alpha value is -0.590. The van der Waals surface area contributed by atoms with E-state index in [4.69, 9.17) is 4.89 Å². The first-order chi connectivity index (χ1) is 5.63. The highest BCUT2D eigenvalue weighted by molar-refractivity contribution is 7.47. The summed E-state index contributed by atoms with van der Waals surface area (Å²) >= 11 is 0. The molecule has 0 aromatic heterocycles. The van der Waals surface area contributed by atoms with E-state index in [0.29, 0.717) is 11.2 Å². The first-order valence-electron chi connectivity index (χ1n) is 3.95. The van der Waals surface area contributed by atoms with E-state index in [1.807, 2.05) is 26.0 Å². The monoisotopic (exact) mass is 184 g/mol. The standard InChI is InChI=1S/C9H13O2P/c1-7(2)8-5-3-4-6-9(8)12(10)11/h3-7,12H,1-2H3,(H,10,11). The predicted octanol–water partition coefficient (Wildman–Crippen LogP) is 1.90. The van der Waals surface area contributed by atoms with Gasteiger partial charge in [0.2, 0.25) is 8.03 Å². The maximum atomic E-state index is 10.9. The van der Waals surface area contributed by atoms with Crippen molar-refractivity contribution >= 4 is 13.3 Å². The van der Waals surface area contributed by atoms with Crippen LogP contribution in [0.2, 0.25) is 0 Å². The second kappa shape index (κ2) is 3.88. The van der Waals surface area contributed by atoms with Gasteiger partial charge in [-0.05, 0) is 17.5 Å². The summed E-state index contributed by atoms with van der Waals surface area (Å²) in [6.45, 7) is 4.04. The highest BCUT2D eigenvalue weighted by Crippen LogP contribution is 2.21. The van der Waals surface area contributed by atoms with Gasteiger partial charge >= 0.3 is 0 Å². The van der Waals surface area contributed by atoms with Crippen LogP contribution in [0.5, 0.6) is 0 Å². The fourth-order valence-corrected chi connectivity index (χ4v) is 2.05. The van der Waals surface area contributed by atoms with Crippen molar-refractivity contribution in [1.29, 1.82) is 0 Å². The normalized spacial score (nSPS) is 13.3. The molecule has 0 bridgehead atoms. The van der Waals surface area contributed by atoms with Crippen molar-refractivity contribution in [3.8, 4) is 0 Å². The lowest BCUT2D eigenvalue weighted by molar-refractivity contribution is 0.513. The quantitative estimate of drug-likeness (QED) is 0.713. The van der Waals surface area contributed by atoms with Crippen LogP contribution in [0.25, 0.3) is 0 Å². The van der Waals surface area contributed by atoms with Crippen LogP contribution in [0, 0.1) is 0 Å². The van der Waals surface area contributed by atoms with Gasteiger partial charge in [-0.2, -0.15) is 0 Å². The Balaban J connectivity index is 3.17. The van der Waals surface area contributed by atoms with E-state index in [-0.39, 0.29) is 0 Å². The molecule has 0 amide bonds. The lowest BCUT2D eigenvalue weighted by atomic mass is 10.0. The van der Waals surface area contributed by atoms with Gasteiger partial charge in [0.05, 0.1) is 0 Å². The zero-order chi connectivity index (χ0) is 9.14. The maximum Gasteiger partial charge on any atom is 0.218 e. The van der Waals surface area contributed by atoms with Crippen LogP contribution in [0.3, 0.4) is 0 Å². The van der Waals surface area contributed by atoms with E-state index in [9.17, 15) is 4.57 Å². The molecule has 0 heterocycles. The third-order valence-corrected chi connectivity index (χ3v) is 2.73. The van der Waals surface area contributed by atoms with Crippen molar-refractivity contribution in [1.82, 2.24) is 0 Å². The number of rotatable bonds is 2. The molecule has 12 heavy (non-hydrogen) atoms. The number of hydrogen-bond acceptors (Lipinski definition) is 1. The molecule has 0 fully saturated rings. The van der Waals surface area contributed by atoms with E-state index in [2.05, 4.69) is 0 Å². The van der Waals surface area contributed by atoms with Crippen molar-refractivity contribution in [2.45, 2.75) is 19.8 Å². The molecule has 0 aliphatic carbocycles. The summed E-state index contributed by atoms with van der Waals surface area (Å²) in [7, 11) is -2.54. The summed E-state index contributed by atoms with van der Waals surface area (Å²) in [4.78, 5) is 9.00. The zero-order valence-electron chi connectivity index (χ0n) is 7.24. The Labute approximate surface area is 73.1 Å². The third kappa shape index (κ3) is 1.96. The van der Waals surface area contributed by atoms with Crippen LogP contribution in [0.15, 0.2) is 24.3 Å². The number of benzene rings is 1. The van der Waals surface area contributed by atoms with E-state index >= 15 is 0 Å². The topological polar surface area (TPSA) is 37.3 Å². The van der Waals surface area contributed by atoms with Crippen molar-refractivity contribution in [3.63, 3.8) is 0 Å². The van der Waals surface area contributed by atoms with Gasteiger partial charge in [-0.3, -0.25) is 4.57 Å². The average Bonchev–Trinajstić information content (AvgIpc) is 2.04. The molecule has 1 atom stereocenters. The van der Waals surface area contributed by atoms with Gasteiger partial charge in [-0.15, -0.1) is 0 Å². The number of hydrogen-bond donors (Lipinski definition) is 1. The first-order valence-corrected chi connectivity index (χ1v) is 5.30. The van der Waals surface area contributed by atoms with Gasteiger partial charge in [0.1, 0.15) is 0 Å². The average molecular weight is 184 g/mol. The van der Waals surface area contributed by atoms with E-state index < -0.39 is 8.03 Å². The van der Waals surface area contributed by atoms with Gasteiger partial charge < -0.3 is 4.89 Å². The van der Waals surface area contributed by atoms with Crippen molar-refractivity contribution in [3.05, 3.63) is 29.8 Å². The van der Waals surface area contributed by atoms with Crippen molar-refractivity contribution < 1.29 is 9.46 Å². The molecule has 1 rings (SSSR count).